The number of ether oxygens (including phenoxy) is 1. The monoisotopic (exact) mass is 352 g/mol. The smallest absolute Gasteiger partial charge is 0.220 e. The second-order valence-electron chi connectivity index (χ2n) is 6.76. The Balaban J connectivity index is 0.00000208. The first-order chi connectivity index (χ1) is 11.3. The summed E-state index contributed by atoms with van der Waals surface area (Å²) in [7, 11) is 0. The van der Waals surface area contributed by atoms with Gasteiger partial charge >= 0.3 is 0 Å². The Morgan fingerprint density at radius 1 is 1.17 bits per heavy atom. The molecule has 0 atom stereocenters. The summed E-state index contributed by atoms with van der Waals surface area (Å²) in [4.78, 5) is 12.1. The molecule has 1 aliphatic heterocycles. The maximum absolute atomic E-state index is 12.1. The Hall–Kier alpha value is -1.26. The van der Waals surface area contributed by atoms with E-state index >= 15 is 0 Å². The van der Waals surface area contributed by atoms with E-state index in [4.69, 9.17) is 4.74 Å². The van der Waals surface area contributed by atoms with Gasteiger partial charge in [0, 0.05) is 12.5 Å². The number of benzene rings is 1. The molecule has 0 bridgehead atoms. The lowest BCUT2D eigenvalue weighted by molar-refractivity contribution is -0.121. The third-order valence-electron chi connectivity index (χ3n) is 4.85. The van der Waals surface area contributed by atoms with Crippen molar-refractivity contribution in [1.29, 1.82) is 0 Å². The summed E-state index contributed by atoms with van der Waals surface area (Å²) in [5, 5.41) is 6.47. The molecule has 1 heterocycles. The van der Waals surface area contributed by atoms with Gasteiger partial charge in [-0.05, 0) is 75.7 Å². The molecule has 4 nitrogen and oxygen atoms in total. The van der Waals surface area contributed by atoms with Crippen LogP contribution >= 0.6 is 12.4 Å². The molecular formula is C19H29ClN2O2. The van der Waals surface area contributed by atoms with Gasteiger partial charge in [-0.3, -0.25) is 4.79 Å². The molecule has 5 heteroatoms. The van der Waals surface area contributed by atoms with Crippen LogP contribution < -0.4 is 15.4 Å². The molecule has 1 amide bonds. The van der Waals surface area contributed by atoms with Crippen LogP contribution in [0.15, 0.2) is 24.3 Å². The molecule has 1 saturated heterocycles. The lowest BCUT2D eigenvalue weighted by Crippen LogP contribution is -2.42. The Kier molecular flexibility index (Phi) is 7.86. The Morgan fingerprint density at radius 2 is 1.92 bits per heavy atom. The molecule has 1 aromatic carbocycles. The second-order valence-corrected chi connectivity index (χ2v) is 6.76. The zero-order valence-corrected chi connectivity index (χ0v) is 15.1. The van der Waals surface area contributed by atoms with E-state index in [2.05, 4.69) is 22.8 Å². The SMILES string of the molecule is Cl.O=C(CCc1cccc(OC2CCCC2)c1)NC1CCNCC1. The van der Waals surface area contributed by atoms with Gasteiger partial charge in [0.1, 0.15) is 5.75 Å². The minimum atomic E-state index is 0. The van der Waals surface area contributed by atoms with E-state index in [9.17, 15) is 4.79 Å². The lowest BCUT2D eigenvalue weighted by atomic mass is 10.1. The summed E-state index contributed by atoms with van der Waals surface area (Å²) in [6.07, 6.45) is 8.68. The molecule has 0 aromatic heterocycles. The Morgan fingerprint density at radius 3 is 2.67 bits per heavy atom. The van der Waals surface area contributed by atoms with Crippen LogP contribution in [0.3, 0.4) is 0 Å². The summed E-state index contributed by atoms with van der Waals surface area (Å²) >= 11 is 0. The predicted octanol–water partition coefficient (Wildman–Crippen LogP) is 3.23. The molecule has 1 aliphatic carbocycles. The van der Waals surface area contributed by atoms with Gasteiger partial charge in [0.05, 0.1) is 6.10 Å². The standard InChI is InChI=1S/C19H28N2O2.ClH/c22-19(21-16-10-12-20-13-11-16)9-8-15-4-3-7-18(14-15)23-17-5-1-2-6-17;/h3-4,7,14,16-17,20H,1-2,5-6,8-13H2,(H,21,22);1H. The highest BCUT2D eigenvalue weighted by Gasteiger charge is 2.17. The summed E-state index contributed by atoms with van der Waals surface area (Å²) in [6.45, 7) is 2.01. The highest BCUT2D eigenvalue weighted by molar-refractivity contribution is 5.85. The minimum Gasteiger partial charge on any atom is -0.490 e. The highest BCUT2D eigenvalue weighted by atomic mass is 35.5. The average Bonchev–Trinajstić information content (AvgIpc) is 3.07. The maximum Gasteiger partial charge on any atom is 0.220 e. The summed E-state index contributed by atoms with van der Waals surface area (Å²) in [5.74, 6) is 1.12. The molecule has 0 radical (unpaired) electrons. The topological polar surface area (TPSA) is 50.4 Å². The van der Waals surface area contributed by atoms with Crippen molar-refractivity contribution in [3.8, 4) is 5.75 Å². The van der Waals surface area contributed by atoms with Crippen molar-refractivity contribution < 1.29 is 9.53 Å². The van der Waals surface area contributed by atoms with Crippen molar-refractivity contribution in [1.82, 2.24) is 10.6 Å². The predicted molar refractivity (Wildman–Crippen MR) is 98.9 cm³/mol. The zero-order valence-electron chi connectivity index (χ0n) is 14.3. The molecule has 2 N–H and O–H groups in total. The first kappa shape index (κ1) is 19.1. The molecule has 134 valence electrons. The van der Waals surface area contributed by atoms with E-state index in [0.717, 1.165) is 38.1 Å². The van der Waals surface area contributed by atoms with Gasteiger partial charge in [-0.15, -0.1) is 12.4 Å². The van der Waals surface area contributed by atoms with Crippen LogP contribution in [-0.2, 0) is 11.2 Å². The Labute approximate surface area is 151 Å². The molecule has 24 heavy (non-hydrogen) atoms. The molecule has 2 aliphatic rings. The van der Waals surface area contributed by atoms with Gasteiger partial charge in [-0.1, -0.05) is 12.1 Å². The van der Waals surface area contributed by atoms with Crippen LogP contribution in [0.1, 0.15) is 50.5 Å². The van der Waals surface area contributed by atoms with Gasteiger partial charge in [0.15, 0.2) is 0 Å². The Bertz CT molecular complexity index is 512. The van der Waals surface area contributed by atoms with Crippen LogP contribution in [0.2, 0.25) is 0 Å². The summed E-state index contributed by atoms with van der Waals surface area (Å²) < 4.78 is 6.04. The maximum atomic E-state index is 12.1. The number of rotatable bonds is 6. The normalized spacial score (nSPS) is 18.8. The number of amides is 1. The van der Waals surface area contributed by atoms with Gasteiger partial charge in [0.25, 0.3) is 0 Å². The van der Waals surface area contributed by atoms with Crippen molar-refractivity contribution in [2.24, 2.45) is 0 Å². The first-order valence-corrected chi connectivity index (χ1v) is 9.05. The zero-order chi connectivity index (χ0) is 15.9. The third kappa shape index (κ3) is 5.99. The number of hydrogen-bond acceptors (Lipinski definition) is 3. The quantitative estimate of drug-likeness (QED) is 0.826. The largest absolute Gasteiger partial charge is 0.490 e. The lowest BCUT2D eigenvalue weighted by Gasteiger charge is -2.23. The van der Waals surface area contributed by atoms with E-state index in [1.165, 1.54) is 31.2 Å². The van der Waals surface area contributed by atoms with E-state index in [1.54, 1.807) is 0 Å². The van der Waals surface area contributed by atoms with Gasteiger partial charge in [0.2, 0.25) is 5.91 Å². The van der Waals surface area contributed by atoms with Crippen LogP contribution in [0.4, 0.5) is 0 Å². The van der Waals surface area contributed by atoms with Gasteiger partial charge < -0.3 is 15.4 Å². The van der Waals surface area contributed by atoms with Crippen LogP contribution in [0.25, 0.3) is 0 Å². The van der Waals surface area contributed by atoms with Gasteiger partial charge in [-0.25, -0.2) is 0 Å². The fourth-order valence-corrected chi connectivity index (χ4v) is 3.50. The number of halogens is 1. The highest BCUT2D eigenvalue weighted by Crippen LogP contribution is 2.24. The van der Waals surface area contributed by atoms with Crippen molar-refractivity contribution in [3.63, 3.8) is 0 Å². The molecule has 1 aromatic rings. The minimum absolute atomic E-state index is 0. The second kappa shape index (κ2) is 9.90. The fourth-order valence-electron chi connectivity index (χ4n) is 3.50. The van der Waals surface area contributed by atoms with Crippen molar-refractivity contribution in [2.75, 3.05) is 13.1 Å². The number of nitrogens with one attached hydrogen (secondary N) is 2. The summed E-state index contributed by atoms with van der Waals surface area (Å²) in [5.41, 5.74) is 1.18. The molecule has 2 fully saturated rings. The number of hydrogen-bond donors (Lipinski definition) is 2. The number of carbonyl (C=O) groups excluding carboxylic acids is 1. The molecule has 0 unspecified atom stereocenters. The third-order valence-corrected chi connectivity index (χ3v) is 4.85. The van der Waals surface area contributed by atoms with Gasteiger partial charge in [-0.2, -0.15) is 0 Å². The van der Waals surface area contributed by atoms with E-state index < -0.39 is 0 Å². The average molecular weight is 353 g/mol. The van der Waals surface area contributed by atoms with Crippen molar-refractivity contribution in [2.45, 2.75) is 63.5 Å². The molecule has 0 spiro atoms. The molecular weight excluding hydrogens is 324 g/mol. The van der Waals surface area contributed by atoms with E-state index in [-0.39, 0.29) is 18.3 Å². The fraction of sp³-hybridized carbons (Fsp3) is 0.632. The summed E-state index contributed by atoms with van der Waals surface area (Å²) in [6, 6.07) is 8.58. The molecule has 1 saturated carbocycles. The molecule has 3 rings (SSSR count). The van der Waals surface area contributed by atoms with Crippen LogP contribution in [-0.4, -0.2) is 31.1 Å². The van der Waals surface area contributed by atoms with Crippen LogP contribution in [0, 0.1) is 0 Å². The van der Waals surface area contributed by atoms with E-state index in [0.29, 0.717) is 18.6 Å². The number of carbonyl (C=O) groups is 1. The van der Waals surface area contributed by atoms with E-state index in [1.807, 2.05) is 12.1 Å². The number of aryl methyl sites for hydroxylation is 1. The first-order valence-electron chi connectivity index (χ1n) is 9.05. The van der Waals surface area contributed by atoms with Crippen LogP contribution in [0.5, 0.6) is 5.75 Å². The number of piperidine rings is 1. The van der Waals surface area contributed by atoms with Crippen molar-refractivity contribution >= 4 is 18.3 Å². The van der Waals surface area contributed by atoms with Crippen molar-refractivity contribution in [3.05, 3.63) is 29.8 Å².